The maximum Gasteiger partial charge on any atom is 0.337 e. The first-order valence-electron chi connectivity index (χ1n) is 9.91. The van der Waals surface area contributed by atoms with E-state index in [1.54, 1.807) is 12.1 Å². The second-order valence-electron chi connectivity index (χ2n) is 7.30. The lowest BCUT2D eigenvalue weighted by Crippen LogP contribution is -2.37. The molecule has 7 heteroatoms. The van der Waals surface area contributed by atoms with Gasteiger partial charge in [-0.1, -0.05) is 18.2 Å². The van der Waals surface area contributed by atoms with Crippen LogP contribution in [0.5, 0.6) is 5.75 Å². The van der Waals surface area contributed by atoms with E-state index in [2.05, 4.69) is 15.5 Å². The highest BCUT2D eigenvalue weighted by Crippen LogP contribution is 2.31. The third-order valence-corrected chi connectivity index (χ3v) is 5.32. The van der Waals surface area contributed by atoms with Gasteiger partial charge in [0.2, 0.25) is 0 Å². The fourth-order valence-corrected chi connectivity index (χ4v) is 3.86. The zero-order valence-electron chi connectivity index (χ0n) is 16.4. The number of amides is 2. The summed E-state index contributed by atoms with van der Waals surface area (Å²) in [5.41, 5.74) is 3.07. The second kappa shape index (κ2) is 8.43. The molecule has 1 atom stereocenters. The Balaban J connectivity index is 1.42. The van der Waals surface area contributed by atoms with Crippen LogP contribution < -0.4 is 20.3 Å². The minimum absolute atomic E-state index is 0.0856. The van der Waals surface area contributed by atoms with E-state index >= 15 is 0 Å². The van der Waals surface area contributed by atoms with E-state index in [0.717, 1.165) is 49.4 Å². The summed E-state index contributed by atoms with van der Waals surface area (Å²) < 4.78 is 10.7. The Bertz CT molecular complexity index is 884. The number of nitrogens with zero attached hydrogens (tertiary/aromatic N) is 1. The molecule has 1 unspecified atom stereocenters. The molecular formula is C22H25N3O4. The number of benzene rings is 2. The summed E-state index contributed by atoms with van der Waals surface area (Å²) in [6.45, 7) is 2.26. The number of urea groups is 1. The Morgan fingerprint density at radius 3 is 2.72 bits per heavy atom. The topological polar surface area (TPSA) is 79.9 Å². The van der Waals surface area contributed by atoms with Crippen molar-refractivity contribution >= 4 is 23.4 Å². The summed E-state index contributed by atoms with van der Waals surface area (Å²) in [6, 6.07) is 12.8. The van der Waals surface area contributed by atoms with Crippen LogP contribution in [0.25, 0.3) is 0 Å². The number of hydrogen-bond donors (Lipinski definition) is 2. The van der Waals surface area contributed by atoms with Gasteiger partial charge in [-0.15, -0.1) is 0 Å². The van der Waals surface area contributed by atoms with Crippen LogP contribution >= 0.6 is 0 Å². The molecule has 7 nitrogen and oxygen atoms in total. The van der Waals surface area contributed by atoms with Crippen LogP contribution in [0.3, 0.4) is 0 Å². The van der Waals surface area contributed by atoms with E-state index in [0.29, 0.717) is 17.8 Å². The van der Waals surface area contributed by atoms with Gasteiger partial charge in [0, 0.05) is 19.5 Å². The fourth-order valence-electron chi connectivity index (χ4n) is 3.86. The molecule has 0 aliphatic carbocycles. The highest BCUT2D eigenvalue weighted by atomic mass is 16.5. The molecule has 2 heterocycles. The summed E-state index contributed by atoms with van der Waals surface area (Å²) in [6.07, 6.45) is 2.92. The minimum atomic E-state index is -0.432. The minimum Gasteiger partial charge on any atom is -0.488 e. The van der Waals surface area contributed by atoms with Gasteiger partial charge >= 0.3 is 12.0 Å². The largest absolute Gasteiger partial charge is 0.488 e. The lowest BCUT2D eigenvalue weighted by atomic mass is 10.1. The van der Waals surface area contributed by atoms with Crippen LogP contribution in [-0.4, -0.2) is 44.8 Å². The van der Waals surface area contributed by atoms with Gasteiger partial charge in [0.05, 0.1) is 30.6 Å². The van der Waals surface area contributed by atoms with Crippen LogP contribution in [-0.2, 0) is 11.2 Å². The number of methoxy groups -OCH3 is 1. The van der Waals surface area contributed by atoms with Crippen molar-refractivity contribution in [2.75, 3.05) is 37.0 Å². The molecule has 29 heavy (non-hydrogen) atoms. The first kappa shape index (κ1) is 19.1. The normalized spacial score (nSPS) is 17.4. The number of nitrogens with one attached hydrogen (secondary N) is 2. The van der Waals surface area contributed by atoms with E-state index in [-0.39, 0.29) is 12.1 Å². The summed E-state index contributed by atoms with van der Waals surface area (Å²) in [7, 11) is 1.34. The number of ether oxygens (including phenoxy) is 2. The number of anilines is 2. The highest BCUT2D eigenvalue weighted by molar-refractivity contribution is 5.97. The molecule has 2 aliphatic rings. The van der Waals surface area contributed by atoms with Crippen LogP contribution in [0.1, 0.15) is 28.8 Å². The Labute approximate surface area is 170 Å². The first-order valence-corrected chi connectivity index (χ1v) is 9.91. The van der Waals surface area contributed by atoms with E-state index in [9.17, 15) is 9.59 Å². The Hall–Kier alpha value is -3.22. The number of carbonyl (C=O) groups excluding carboxylic acids is 2. The van der Waals surface area contributed by atoms with Crippen LogP contribution in [0.2, 0.25) is 0 Å². The summed E-state index contributed by atoms with van der Waals surface area (Å²) in [5, 5.41) is 5.78. The quantitative estimate of drug-likeness (QED) is 0.760. The van der Waals surface area contributed by atoms with Crippen molar-refractivity contribution in [3.8, 4) is 5.75 Å². The SMILES string of the molecule is COC(=O)c1ccc(N2CCCC2)c(NC(=O)NCC2Cc3ccccc3O2)c1. The van der Waals surface area contributed by atoms with Crippen molar-refractivity contribution in [2.45, 2.75) is 25.4 Å². The van der Waals surface area contributed by atoms with Crippen molar-refractivity contribution in [1.29, 1.82) is 0 Å². The Morgan fingerprint density at radius 1 is 1.17 bits per heavy atom. The van der Waals surface area contributed by atoms with Gasteiger partial charge < -0.3 is 25.0 Å². The van der Waals surface area contributed by atoms with Gasteiger partial charge in [0.25, 0.3) is 0 Å². The molecule has 2 aliphatic heterocycles. The predicted octanol–water partition coefficient (Wildman–Crippen LogP) is 3.20. The standard InChI is InChI=1S/C22H25N3O4/c1-28-21(26)16-8-9-19(25-10-4-5-11-25)18(13-16)24-22(27)23-14-17-12-15-6-2-3-7-20(15)29-17/h2-3,6-9,13,17H,4-5,10-12,14H2,1H3,(H2,23,24,27). The number of carbonyl (C=O) groups is 2. The van der Waals surface area contributed by atoms with Crippen molar-refractivity contribution in [2.24, 2.45) is 0 Å². The van der Waals surface area contributed by atoms with E-state index in [4.69, 9.17) is 9.47 Å². The van der Waals surface area contributed by atoms with E-state index in [1.807, 2.05) is 30.3 Å². The Kier molecular flexibility index (Phi) is 5.55. The lowest BCUT2D eigenvalue weighted by molar-refractivity contribution is 0.0600. The number of hydrogen-bond acceptors (Lipinski definition) is 5. The predicted molar refractivity (Wildman–Crippen MR) is 111 cm³/mol. The number of fused-ring (bicyclic) bond motifs is 1. The van der Waals surface area contributed by atoms with Gasteiger partial charge in [-0.05, 0) is 42.7 Å². The molecule has 2 aromatic carbocycles. The molecule has 0 radical (unpaired) electrons. The van der Waals surface area contributed by atoms with Gasteiger partial charge in [0.1, 0.15) is 11.9 Å². The third-order valence-electron chi connectivity index (χ3n) is 5.32. The summed E-state index contributed by atoms with van der Waals surface area (Å²) in [5.74, 6) is 0.445. The van der Waals surface area contributed by atoms with Gasteiger partial charge in [-0.3, -0.25) is 0 Å². The molecule has 2 amide bonds. The maximum absolute atomic E-state index is 12.5. The van der Waals surface area contributed by atoms with Crippen molar-refractivity contribution in [3.05, 3.63) is 53.6 Å². The number of para-hydroxylation sites is 1. The molecule has 2 aromatic rings. The lowest BCUT2D eigenvalue weighted by Gasteiger charge is -2.22. The molecular weight excluding hydrogens is 370 g/mol. The number of esters is 1. The summed E-state index contributed by atoms with van der Waals surface area (Å²) >= 11 is 0. The number of rotatable bonds is 5. The van der Waals surface area contributed by atoms with Crippen molar-refractivity contribution in [3.63, 3.8) is 0 Å². The fraction of sp³-hybridized carbons (Fsp3) is 0.364. The molecule has 1 fully saturated rings. The molecule has 1 saturated heterocycles. The van der Waals surface area contributed by atoms with Gasteiger partial charge in [-0.25, -0.2) is 9.59 Å². The maximum atomic E-state index is 12.5. The highest BCUT2D eigenvalue weighted by Gasteiger charge is 2.23. The van der Waals surface area contributed by atoms with Gasteiger partial charge in [0.15, 0.2) is 0 Å². The monoisotopic (exact) mass is 395 g/mol. The zero-order valence-corrected chi connectivity index (χ0v) is 16.4. The Morgan fingerprint density at radius 2 is 1.97 bits per heavy atom. The van der Waals surface area contributed by atoms with Crippen molar-refractivity contribution in [1.82, 2.24) is 5.32 Å². The molecule has 2 N–H and O–H groups in total. The molecule has 0 aromatic heterocycles. The van der Waals surface area contributed by atoms with Crippen LogP contribution in [0.15, 0.2) is 42.5 Å². The van der Waals surface area contributed by atoms with Crippen LogP contribution in [0, 0.1) is 0 Å². The average Bonchev–Trinajstić information content (AvgIpc) is 3.41. The second-order valence-corrected chi connectivity index (χ2v) is 7.30. The molecule has 4 rings (SSSR count). The van der Waals surface area contributed by atoms with Gasteiger partial charge in [-0.2, -0.15) is 0 Å². The molecule has 152 valence electrons. The van der Waals surface area contributed by atoms with E-state index in [1.165, 1.54) is 7.11 Å². The molecule has 0 saturated carbocycles. The first-order chi connectivity index (χ1) is 14.1. The van der Waals surface area contributed by atoms with E-state index < -0.39 is 5.97 Å². The third kappa shape index (κ3) is 4.29. The van der Waals surface area contributed by atoms with Crippen LogP contribution in [0.4, 0.5) is 16.2 Å². The smallest absolute Gasteiger partial charge is 0.337 e. The average molecular weight is 395 g/mol. The summed E-state index contributed by atoms with van der Waals surface area (Å²) in [4.78, 5) is 26.7. The molecule has 0 bridgehead atoms. The van der Waals surface area contributed by atoms with Crippen molar-refractivity contribution < 1.29 is 19.1 Å². The zero-order chi connectivity index (χ0) is 20.2. The molecule has 0 spiro atoms.